The van der Waals surface area contributed by atoms with Crippen LogP contribution in [0.15, 0.2) is 125 Å². The zero-order valence-corrected chi connectivity index (χ0v) is 30.8. The fraction of sp³-hybridized carbons (Fsp3) is 0.359. The second kappa shape index (κ2) is 12.7. The molecule has 48 heavy (non-hydrogen) atoms. The quantitative estimate of drug-likeness (QED) is 0.298. The van der Waals surface area contributed by atoms with E-state index in [1.807, 2.05) is 30.9 Å². The average molecular weight is 756 g/mol. The highest BCUT2D eigenvalue weighted by Crippen LogP contribution is 2.48. The van der Waals surface area contributed by atoms with Crippen molar-refractivity contribution in [3.05, 3.63) is 115 Å². The van der Waals surface area contributed by atoms with Crippen LogP contribution in [0.2, 0.25) is 0 Å². The summed E-state index contributed by atoms with van der Waals surface area (Å²) >= 11 is 0. The number of carboxylic acid groups (broad SMARTS) is 1. The summed E-state index contributed by atoms with van der Waals surface area (Å²) in [4.78, 5) is 27.6. The van der Waals surface area contributed by atoms with Crippen LogP contribution in [0, 0.1) is 11.8 Å². The van der Waals surface area contributed by atoms with Crippen LogP contribution in [0.5, 0.6) is 0 Å². The molecule has 248 valence electrons. The molecule has 2 atom stereocenters. The number of aliphatic hydroxyl groups excluding tert-OH is 1. The SMILES string of the molecule is CCC1=C(C)C2=NC1=CC1=C(C)C3=C(O)CC(=C4NC(=C(c5cc[n+](C)cc5)C5=NC(=C2)C(CC)=C5C)[C@@H](C)[C@@H]4CCC(=O)O)C3=N1.[I-]. The minimum Gasteiger partial charge on any atom is -1.00 e. The molecule has 8 bridgehead atoms. The van der Waals surface area contributed by atoms with Crippen molar-refractivity contribution in [1.82, 2.24) is 5.32 Å². The summed E-state index contributed by atoms with van der Waals surface area (Å²) in [6.45, 7) is 12.8. The van der Waals surface area contributed by atoms with E-state index >= 15 is 0 Å². The maximum absolute atomic E-state index is 11.9. The smallest absolute Gasteiger partial charge is 0.303 e. The van der Waals surface area contributed by atoms with Crippen molar-refractivity contribution < 1.29 is 43.6 Å². The third-order valence-electron chi connectivity index (χ3n) is 10.6. The Bertz CT molecular complexity index is 2030. The van der Waals surface area contributed by atoms with Crippen LogP contribution in [0.1, 0.15) is 79.2 Å². The molecule has 6 heterocycles. The van der Waals surface area contributed by atoms with Gasteiger partial charge in [0.25, 0.3) is 0 Å². The Morgan fingerprint density at radius 1 is 0.917 bits per heavy atom. The van der Waals surface area contributed by atoms with Gasteiger partial charge in [-0.3, -0.25) is 4.79 Å². The minimum atomic E-state index is -0.821. The van der Waals surface area contributed by atoms with E-state index in [0.717, 1.165) is 97.5 Å². The molecule has 7 rings (SSSR count). The van der Waals surface area contributed by atoms with Gasteiger partial charge in [-0.2, -0.15) is 0 Å². The Kier molecular flexibility index (Phi) is 8.95. The Balaban J connectivity index is 0.00000401. The largest absolute Gasteiger partial charge is 1.00 e. The zero-order chi connectivity index (χ0) is 33.3. The zero-order valence-electron chi connectivity index (χ0n) is 28.6. The molecule has 0 saturated carbocycles. The number of allylic oxidation sites excluding steroid dienone is 12. The van der Waals surface area contributed by atoms with Crippen LogP contribution in [0.4, 0.5) is 0 Å². The molecular weight excluding hydrogens is 713 g/mol. The Hall–Kier alpha value is -4.12. The number of carboxylic acids is 1. The molecule has 8 nitrogen and oxygen atoms in total. The number of rotatable bonds is 6. The van der Waals surface area contributed by atoms with Gasteiger partial charge >= 0.3 is 5.97 Å². The number of pyridine rings is 1. The summed E-state index contributed by atoms with van der Waals surface area (Å²) in [6, 6.07) is 4.24. The highest BCUT2D eigenvalue weighted by Gasteiger charge is 2.43. The van der Waals surface area contributed by atoms with Gasteiger partial charge in [-0.1, -0.05) is 20.8 Å². The lowest BCUT2D eigenvalue weighted by Gasteiger charge is -2.18. The van der Waals surface area contributed by atoms with Crippen molar-refractivity contribution in [3.63, 3.8) is 0 Å². The van der Waals surface area contributed by atoms with E-state index in [9.17, 15) is 15.0 Å². The van der Waals surface area contributed by atoms with E-state index < -0.39 is 5.97 Å². The third kappa shape index (κ3) is 5.30. The lowest BCUT2D eigenvalue weighted by molar-refractivity contribution is -0.671. The van der Waals surface area contributed by atoms with Gasteiger partial charge in [0.1, 0.15) is 12.8 Å². The Morgan fingerprint density at radius 3 is 2.25 bits per heavy atom. The van der Waals surface area contributed by atoms with Gasteiger partial charge in [0, 0.05) is 64.9 Å². The summed E-state index contributed by atoms with van der Waals surface area (Å²) in [5.74, 6) is -0.662. The second-order valence-electron chi connectivity index (χ2n) is 13.3. The molecule has 0 amide bonds. The number of hydrogen-bond acceptors (Lipinski definition) is 6. The number of aliphatic imine (C=N–C) groups is 3. The van der Waals surface area contributed by atoms with E-state index in [4.69, 9.17) is 15.0 Å². The number of carbonyl (C=O) groups is 1. The van der Waals surface area contributed by atoms with Gasteiger partial charge in [0.2, 0.25) is 0 Å². The highest BCUT2D eigenvalue weighted by molar-refractivity contribution is 6.34. The molecule has 6 aliphatic rings. The summed E-state index contributed by atoms with van der Waals surface area (Å²) < 4.78 is 2.02. The van der Waals surface area contributed by atoms with Crippen LogP contribution in [0.3, 0.4) is 0 Å². The lowest BCUT2D eigenvalue weighted by Crippen LogP contribution is -3.00. The number of aliphatic hydroxyl groups is 1. The molecular formula is C39H42IN5O3. The van der Waals surface area contributed by atoms with Crippen molar-refractivity contribution in [2.45, 2.75) is 73.6 Å². The molecule has 0 unspecified atom stereocenters. The fourth-order valence-corrected chi connectivity index (χ4v) is 8.00. The average Bonchev–Trinajstić information content (AvgIpc) is 3.79. The van der Waals surface area contributed by atoms with Gasteiger partial charge < -0.3 is 39.5 Å². The minimum absolute atomic E-state index is 0. The van der Waals surface area contributed by atoms with Crippen molar-refractivity contribution in [2.75, 3.05) is 0 Å². The number of aromatic nitrogens is 1. The summed E-state index contributed by atoms with van der Waals surface area (Å²) in [5, 5.41) is 25.0. The molecule has 5 aliphatic heterocycles. The predicted molar refractivity (Wildman–Crippen MR) is 186 cm³/mol. The topological polar surface area (TPSA) is 111 Å². The van der Waals surface area contributed by atoms with Crippen molar-refractivity contribution in [2.24, 2.45) is 33.9 Å². The Morgan fingerprint density at radius 2 is 1.58 bits per heavy atom. The van der Waals surface area contributed by atoms with Gasteiger partial charge in [0.05, 0.1) is 34.2 Å². The number of aryl methyl sites for hydroxylation is 1. The van der Waals surface area contributed by atoms with Crippen LogP contribution in [-0.2, 0) is 11.8 Å². The van der Waals surface area contributed by atoms with E-state index in [0.29, 0.717) is 18.6 Å². The molecule has 9 heteroatoms. The van der Waals surface area contributed by atoms with Crippen molar-refractivity contribution >= 4 is 28.7 Å². The van der Waals surface area contributed by atoms with Crippen LogP contribution in [0.25, 0.3) is 5.57 Å². The number of hydrogen-bond donors (Lipinski definition) is 3. The van der Waals surface area contributed by atoms with E-state index in [2.05, 4.69) is 64.2 Å². The normalized spacial score (nSPS) is 23.1. The van der Waals surface area contributed by atoms with E-state index in [-0.39, 0.29) is 42.2 Å². The van der Waals surface area contributed by atoms with Gasteiger partial charge in [-0.15, -0.1) is 0 Å². The standard InChI is InChI=1S/C39H41N5O3.HI/c1-8-24-19(3)28-17-31-25(9-2)20(4)36(42-31)35(23-12-14-44(7)15-13-23)37-21(5)26(10-11-33(46)47)38(43-37)27-16-32(45)34-22(6)29(41-39(27)34)18-30(24)40-28;/h12-15,17-18,21,26H,8-11,16H2,1-7H3,(H2,40,41,42,45,46,47);1H/t21-,26-;/m0./s1. The molecule has 1 aromatic heterocycles. The fourth-order valence-electron chi connectivity index (χ4n) is 8.00. The molecule has 3 N–H and O–H groups in total. The van der Waals surface area contributed by atoms with E-state index in [1.165, 1.54) is 11.1 Å². The monoisotopic (exact) mass is 755 g/mol. The van der Waals surface area contributed by atoms with Crippen molar-refractivity contribution in [1.29, 1.82) is 0 Å². The molecule has 1 saturated heterocycles. The molecule has 0 radical (unpaired) electrons. The van der Waals surface area contributed by atoms with Gasteiger partial charge in [-0.25, -0.2) is 19.5 Å². The number of fused-ring (bicyclic) bond motifs is 5. The van der Waals surface area contributed by atoms with Crippen LogP contribution >= 0.6 is 0 Å². The lowest BCUT2D eigenvalue weighted by atomic mass is 9.83. The third-order valence-corrected chi connectivity index (χ3v) is 10.6. The maximum Gasteiger partial charge on any atom is 0.303 e. The molecule has 1 aromatic rings. The second-order valence-corrected chi connectivity index (χ2v) is 13.3. The van der Waals surface area contributed by atoms with Crippen molar-refractivity contribution in [3.8, 4) is 0 Å². The molecule has 0 spiro atoms. The number of nitrogens with zero attached hydrogens (tertiary/aromatic N) is 4. The Labute approximate surface area is 299 Å². The number of nitrogens with one attached hydrogen (secondary N) is 1. The maximum atomic E-state index is 11.9. The summed E-state index contributed by atoms with van der Waals surface area (Å²) in [5.41, 5.74) is 16.5. The first-order valence-electron chi connectivity index (χ1n) is 16.7. The van der Waals surface area contributed by atoms with Crippen LogP contribution < -0.4 is 33.9 Å². The van der Waals surface area contributed by atoms with Gasteiger partial charge in [-0.05, 0) is 85.6 Å². The van der Waals surface area contributed by atoms with Gasteiger partial charge in [0.15, 0.2) is 12.4 Å². The first kappa shape index (κ1) is 33.8. The van der Waals surface area contributed by atoms with Crippen LogP contribution in [-0.4, -0.2) is 33.3 Å². The predicted octanol–water partition coefficient (Wildman–Crippen LogP) is 4.29. The first-order chi connectivity index (χ1) is 22.5. The molecule has 0 aromatic carbocycles. The summed E-state index contributed by atoms with van der Waals surface area (Å²) in [7, 11) is 2.00. The first-order valence-corrected chi connectivity index (χ1v) is 16.7. The number of halogens is 1. The molecule has 1 aliphatic carbocycles. The highest BCUT2D eigenvalue weighted by atomic mass is 127. The summed E-state index contributed by atoms with van der Waals surface area (Å²) in [6.07, 6.45) is 10.8. The number of aliphatic carboxylic acids is 1. The molecule has 1 fully saturated rings. The van der Waals surface area contributed by atoms with E-state index in [1.54, 1.807) is 0 Å².